The molecule has 14 heteroatoms. The molecule has 2 heterocycles. The molecule has 0 aromatic rings. The lowest BCUT2D eigenvalue weighted by Gasteiger charge is -2.46. The fraction of sp³-hybridized carbons (Fsp3) is 0.657. The van der Waals surface area contributed by atoms with Crippen molar-refractivity contribution in [2.45, 2.75) is 261 Å². The topological polar surface area (TPSA) is 228 Å². The minimum atomic E-state index is -1.80. The van der Waals surface area contributed by atoms with Gasteiger partial charge >= 0.3 is 0 Å². The molecule has 460 valence electrons. The fourth-order valence-electron chi connectivity index (χ4n) is 9.14. The first-order chi connectivity index (χ1) is 39.6. The van der Waals surface area contributed by atoms with Gasteiger partial charge in [-0.2, -0.15) is 0 Å². The summed E-state index contributed by atoms with van der Waals surface area (Å²) in [7, 11) is 0. The van der Waals surface area contributed by atoms with E-state index in [1.165, 1.54) is 44.9 Å². The highest BCUT2D eigenvalue weighted by Crippen LogP contribution is 2.30. The Kier molecular flexibility index (Phi) is 45.8. The molecule has 0 spiro atoms. The summed E-state index contributed by atoms with van der Waals surface area (Å²) < 4.78 is 22.7. The number of aliphatic hydroxyl groups is 8. The summed E-state index contributed by atoms with van der Waals surface area (Å²) in [6, 6.07) is -0.937. The van der Waals surface area contributed by atoms with Gasteiger partial charge in [0.05, 0.1) is 32.0 Å². The molecule has 2 fully saturated rings. The van der Waals surface area contributed by atoms with Crippen molar-refractivity contribution < 1.29 is 64.6 Å². The molecule has 0 radical (unpaired) electrons. The van der Waals surface area contributed by atoms with Gasteiger partial charge in [-0.15, -0.1) is 0 Å². The van der Waals surface area contributed by atoms with Crippen LogP contribution in [0, 0.1) is 0 Å². The van der Waals surface area contributed by atoms with E-state index in [4.69, 9.17) is 18.9 Å². The maximum absolute atomic E-state index is 13.2. The van der Waals surface area contributed by atoms with Crippen molar-refractivity contribution in [1.29, 1.82) is 0 Å². The van der Waals surface area contributed by atoms with Crippen LogP contribution < -0.4 is 5.32 Å². The third-order valence-corrected chi connectivity index (χ3v) is 14.1. The number of carbonyl (C=O) groups excluding carboxylic acids is 1. The van der Waals surface area contributed by atoms with Crippen molar-refractivity contribution in [1.82, 2.24) is 5.32 Å². The summed E-state index contributed by atoms with van der Waals surface area (Å²) >= 11 is 0. The molecule has 2 rings (SSSR count). The Hall–Kier alpha value is -3.87. The van der Waals surface area contributed by atoms with Crippen LogP contribution in [-0.2, 0) is 23.7 Å². The molecule has 0 saturated carbocycles. The zero-order valence-electron chi connectivity index (χ0n) is 49.5. The fourth-order valence-corrected chi connectivity index (χ4v) is 9.14. The first-order valence-corrected chi connectivity index (χ1v) is 30.9. The molecule has 1 amide bonds. The third kappa shape index (κ3) is 35.8. The number of unbranched alkanes of at least 4 members (excludes halogenated alkanes) is 14. The predicted molar refractivity (Wildman–Crippen MR) is 327 cm³/mol. The van der Waals surface area contributed by atoms with Crippen molar-refractivity contribution in [2.24, 2.45) is 0 Å². The second kappa shape index (κ2) is 50.6. The smallest absolute Gasteiger partial charge is 0.220 e. The van der Waals surface area contributed by atoms with Crippen LogP contribution in [0.15, 0.2) is 134 Å². The highest BCUT2D eigenvalue weighted by atomic mass is 16.7. The maximum Gasteiger partial charge on any atom is 0.220 e. The largest absolute Gasteiger partial charge is 0.394 e. The van der Waals surface area contributed by atoms with Crippen molar-refractivity contribution >= 4 is 5.91 Å². The number of rotatable bonds is 47. The minimum absolute atomic E-state index is 0.242. The number of allylic oxidation sites excluding steroid dienone is 21. The maximum atomic E-state index is 13.2. The van der Waals surface area contributed by atoms with Gasteiger partial charge in [-0.25, -0.2) is 0 Å². The van der Waals surface area contributed by atoms with E-state index in [9.17, 15) is 45.6 Å². The Balaban J connectivity index is 1.69. The Labute approximate surface area is 488 Å². The third-order valence-electron chi connectivity index (χ3n) is 14.1. The average Bonchev–Trinajstić information content (AvgIpc) is 3.46. The van der Waals surface area contributed by atoms with E-state index < -0.39 is 86.8 Å². The number of amides is 1. The van der Waals surface area contributed by atoms with E-state index in [0.717, 1.165) is 116 Å². The predicted octanol–water partition coefficient (Wildman–Crippen LogP) is 11.2. The quantitative estimate of drug-likeness (QED) is 0.0204. The van der Waals surface area contributed by atoms with E-state index >= 15 is 0 Å². The number of hydrogen-bond donors (Lipinski definition) is 9. The Morgan fingerprint density at radius 2 is 0.852 bits per heavy atom. The molecule has 0 bridgehead atoms. The molecule has 0 aromatic carbocycles. The van der Waals surface area contributed by atoms with Crippen molar-refractivity contribution in [2.75, 3.05) is 19.8 Å². The SMILES string of the molecule is CC/C=C\C/C=C\C/C=C\C/C=C\C/C=C\C/C=C\C/C=C\C/C=C\C/C=C\C/C=C\CCCCCCC(=O)NC(COC1OC(CO)C(OC2OC(CO)C(O)C(O)C2O)C(O)C1O)C(O)/C=C/CCCCCCCCCCCC. The van der Waals surface area contributed by atoms with Crippen molar-refractivity contribution in [3.8, 4) is 0 Å². The second-order valence-corrected chi connectivity index (χ2v) is 21.1. The lowest BCUT2D eigenvalue weighted by atomic mass is 9.97. The number of aliphatic hydroxyl groups excluding tert-OH is 8. The van der Waals surface area contributed by atoms with Gasteiger partial charge in [-0.3, -0.25) is 4.79 Å². The van der Waals surface area contributed by atoms with Gasteiger partial charge in [-0.05, 0) is 96.3 Å². The summed E-state index contributed by atoms with van der Waals surface area (Å²) in [5, 5.41) is 87.0. The zero-order valence-corrected chi connectivity index (χ0v) is 49.5. The van der Waals surface area contributed by atoms with Crippen LogP contribution in [0.25, 0.3) is 0 Å². The Morgan fingerprint density at radius 3 is 1.31 bits per heavy atom. The molecule has 0 aliphatic carbocycles. The molecule has 81 heavy (non-hydrogen) atoms. The van der Waals surface area contributed by atoms with Gasteiger partial charge in [0.15, 0.2) is 12.6 Å². The molecular weight excluding hydrogens is 1030 g/mol. The van der Waals surface area contributed by atoms with Crippen LogP contribution in [0.2, 0.25) is 0 Å². The molecule has 2 aliphatic rings. The van der Waals surface area contributed by atoms with E-state index in [0.29, 0.717) is 6.42 Å². The van der Waals surface area contributed by atoms with Crippen LogP contribution in [0.4, 0.5) is 0 Å². The van der Waals surface area contributed by atoms with Crippen LogP contribution in [0.1, 0.15) is 187 Å². The van der Waals surface area contributed by atoms with E-state index in [-0.39, 0.29) is 18.9 Å². The number of hydrogen-bond acceptors (Lipinski definition) is 13. The Morgan fingerprint density at radius 1 is 0.457 bits per heavy atom. The van der Waals surface area contributed by atoms with Crippen LogP contribution in [0.5, 0.6) is 0 Å². The zero-order chi connectivity index (χ0) is 58.8. The van der Waals surface area contributed by atoms with Crippen molar-refractivity contribution in [3.05, 3.63) is 134 Å². The molecule has 9 N–H and O–H groups in total. The lowest BCUT2D eigenvalue weighted by molar-refractivity contribution is -0.359. The highest BCUT2D eigenvalue weighted by Gasteiger charge is 2.51. The van der Waals surface area contributed by atoms with Gasteiger partial charge in [0.1, 0.15) is 48.8 Å². The first-order valence-electron chi connectivity index (χ1n) is 30.9. The Bertz CT molecular complexity index is 1870. The summed E-state index contributed by atoms with van der Waals surface area (Å²) in [5.74, 6) is -0.271. The van der Waals surface area contributed by atoms with Crippen molar-refractivity contribution in [3.63, 3.8) is 0 Å². The van der Waals surface area contributed by atoms with Crippen LogP contribution in [0.3, 0.4) is 0 Å². The van der Waals surface area contributed by atoms with Gasteiger partial charge in [0, 0.05) is 6.42 Å². The molecule has 2 saturated heterocycles. The van der Waals surface area contributed by atoms with Gasteiger partial charge < -0.3 is 65.1 Å². The molecule has 14 nitrogen and oxygen atoms in total. The minimum Gasteiger partial charge on any atom is -0.394 e. The van der Waals surface area contributed by atoms with Gasteiger partial charge in [-0.1, -0.05) is 218 Å². The highest BCUT2D eigenvalue weighted by molar-refractivity contribution is 5.76. The second-order valence-electron chi connectivity index (χ2n) is 21.1. The van der Waals surface area contributed by atoms with Crippen LogP contribution in [-0.4, -0.2) is 140 Å². The molecular formula is C67H109NO13. The van der Waals surface area contributed by atoms with Crippen LogP contribution >= 0.6 is 0 Å². The van der Waals surface area contributed by atoms with E-state index in [1.54, 1.807) is 6.08 Å². The summed E-state index contributed by atoms with van der Waals surface area (Å²) in [6.07, 6.45) is 57.8. The summed E-state index contributed by atoms with van der Waals surface area (Å²) in [6.45, 7) is 2.62. The van der Waals surface area contributed by atoms with E-state index in [1.807, 2.05) is 6.08 Å². The molecule has 0 aromatic heterocycles. The average molecular weight is 1140 g/mol. The van der Waals surface area contributed by atoms with Gasteiger partial charge in [0.2, 0.25) is 5.91 Å². The number of ether oxygens (including phenoxy) is 4. The molecule has 12 atom stereocenters. The molecule has 2 aliphatic heterocycles. The molecule has 12 unspecified atom stereocenters. The normalized spacial score (nSPS) is 25.1. The lowest BCUT2D eigenvalue weighted by Crippen LogP contribution is -2.65. The standard InChI is InChI=1S/C67H109NO13/c1-3-5-7-9-11-13-15-17-18-19-20-21-22-23-24-25-26-27-28-29-30-31-32-33-34-35-36-37-38-39-41-43-45-47-49-51-59(72)68-55(56(71)50-48-46-44-42-40-16-14-12-10-8-6-4-2)54-78-66-64(77)62(75)65(58(53-70)80-66)81-67-63(76)61(74)60(73)57(52-69)79-67/h5,7,11,13,17-18,20-21,23-24,26-27,29-30,32-33,35-36,38-39,48,50,55-58,60-67,69-71,73-77H,3-4,6,8-10,12,14-16,19,22,25,28,31,34,37,40-47,49,51-54H2,1-2H3,(H,68,72)/b7-5-,13-11-,18-17-,21-20-,24-23-,27-26-,30-29-,33-32-,36-35-,39-38-,50-48+. The summed E-state index contributed by atoms with van der Waals surface area (Å²) in [5.41, 5.74) is 0. The number of carbonyl (C=O) groups is 1. The first kappa shape index (κ1) is 73.2. The van der Waals surface area contributed by atoms with Gasteiger partial charge in [0.25, 0.3) is 0 Å². The van der Waals surface area contributed by atoms with E-state index in [2.05, 4.69) is 141 Å². The monoisotopic (exact) mass is 1140 g/mol. The number of nitrogens with one attached hydrogen (secondary N) is 1. The summed E-state index contributed by atoms with van der Waals surface area (Å²) in [4.78, 5) is 13.2.